The van der Waals surface area contributed by atoms with E-state index in [4.69, 9.17) is 21.6 Å². The van der Waals surface area contributed by atoms with Gasteiger partial charge in [-0.3, -0.25) is 10.00 Å². The number of nitriles is 1. The molecule has 0 aliphatic carbocycles. The van der Waals surface area contributed by atoms with Gasteiger partial charge in [0.25, 0.3) is 0 Å². The fraction of sp³-hybridized carbons (Fsp3) is 0.444. The van der Waals surface area contributed by atoms with Gasteiger partial charge in [-0.2, -0.15) is 10.4 Å². The van der Waals surface area contributed by atoms with Gasteiger partial charge in [-0.25, -0.2) is 0 Å². The van der Waals surface area contributed by atoms with Crippen molar-refractivity contribution in [2.45, 2.75) is 32.2 Å². The van der Waals surface area contributed by atoms with Gasteiger partial charge < -0.3 is 4.74 Å². The molecule has 1 saturated heterocycles. The fourth-order valence-corrected chi connectivity index (χ4v) is 3.45. The van der Waals surface area contributed by atoms with E-state index in [-0.39, 0.29) is 6.61 Å². The number of nitrogens with zero attached hydrogens (tertiary/aromatic N) is 3. The average molecular weight is 345 g/mol. The van der Waals surface area contributed by atoms with Crippen LogP contribution in [0, 0.1) is 18.3 Å². The molecule has 1 atom stereocenters. The number of aromatic nitrogens is 2. The Hall–Kier alpha value is -2.03. The van der Waals surface area contributed by atoms with Gasteiger partial charge in [0.15, 0.2) is 6.61 Å². The van der Waals surface area contributed by atoms with Crippen molar-refractivity contribution in [3.63, 3.8) is 0 Å². The lowest BCUT2D eigenvalue weighted by Crippen LogP contribution is -2.34. The SMILES string of the molecule is Cc1cc([C@H]2CCCN(Cc3cc(Cl)ccc3OCC#N)C2)n[nH]1. The first-order valence-electron chi connectivity index (χ1n) is 8.18. The molecule has 0 radical (unpaired) electrons. The van der Waals surface area contributed by atoms with Crippen molar-refractivity contribution < 1.29 is 4.74 Å². The van der Waals surface area contributed by atoms with Gasteiger partial charge in [0.05, 0.1) is 5.69 Å². The third-order valence-electron chi connectivity index (χ3n) is 4.36. The van der Waals surface area contributed by atoms with Crippen LogP contribution in [0.5, 0.6) is 5.75 Å². The number of H-pyrrole nitrogens is 1. The smallest absolute Gasteiger partial charge is 0.174 e. The number of aryl methyl sites for hydroxylation is 1. The highest BCUT2D eigenvalue weighted by Gasteiger charge is 2.24. The standard InChI is InChI=1S/C18H21ClN4O/c1-13-9-17(22-21-13)14-3-2-7-23(11-14)12-15-10-16(19)4-5-18(15)24-8-6-20/h4-5,9-10,14H,2-3,7-8,11-12H2,1H3,(H,21,22)/t14-/m0/s1. The van der Waals surface area contributed by atoms with Crippen LogP contribution in [0.25, 0.3) is 0 Å². The summed E-state index contributed by atoms with van der Waals surface area (Å²) in [6.07, 6.45) is 2.31. The van der Waals surface area contributed by atoms with E-state index in [2.05, 4.69) is 21.2 Å². The first-order chi connectivity index (χ1) is 11.7. The number of hydrogen-bond acceptors (Lipinski definition) is 4. The molecule has 2 heterocycles. The van der Waals surface area contributed by atoms with Gasteiger partial charge in [0, 0.05) is 35.3 Å². The number of benzene rings is 1. The Morgan fingerprint density at radius 2 is 2.33 bits per heavy atom. The Bertz CT molecular complexity index is 737. The number of nitrogens with one attached hydrogen (secondary N) is 1. The Morgan fingerprint density at radius 1 is 1.46 bits per heavy atom. The Balaban J connectivity index is 1.71. The molecule has 0 unspecified atom stereocenters. The van der Waals surface area contributed by atoms with E-state index in [1.165, 1.54) is 0 Å². The highest BCUT2D eigenvalue weighted by atomic mass is 35.5. The third-order valence-corrected chi connectivity index (χ3v) is 4.59. The van der Waals surface area contributed by atoms with Gasteiger partial charge in [0.2, 0.25) is 0 Å². The molecule has 0 amide bonds. The van der Waals surface area contributed by atoms with Gasteiger partial charge >= 0.3 is 0 Å². The van der Waals surface area contributed by atoms with E-state index in [1.54, 1.807) is 6.07 Å². The molecule has 6 heteroatoms. The second-order valence-electron chi connectivity index (χ2n) is 6.25. The van der Waals surface area contributed by atoms with Crippen LogP contribution in [0.2, 0.25) is 5.02 Å². The van der Waals surface area contributed by atoms with Gasteiger partial charge in [-0.15, -0.1) is 0 Å². The topological polar surface area (TPSA) is 64.9 Å². The second-order valence-corrected chi connectivity index (χ2v) is 6.69. The summed E-state index contributed by atoms with van der Waals surface area (Å²) < 4.78 is 5.53. The molecule has 0 saturated carbocycles. The molecule has 3 rings (SSSR count). The maximum absolute atomic E-state index is 8.74. The molecule has 2 aromatic rings. The molecule has 1 aliphatic heterocycles. The van der Waals surface area contributed by atoms with E-state index < -0.39 is 0 Å². The molecule has 126 valence electrons. The fourth-order valence-electron chi connectivity index (χ4n) is 3.25. The molecule has 1 fully saturated rings. The summed E-state index contributed by atoms with van der Waals surface area (Å²) in [5, 5.41) is 16.9. The van der Waals surface area contributed by atoms with Gasteiger partial charge in [0.1, 0.15) is 11.8 Å². The predicted molar refractivity (Wildman–Crippen MR) is 93.1 cm³/mol. The van der Waals surface area contributed by atoms with Crippen molar-refractivity contribution in [3.8, 4) is 11.8 Å². The summed E-state index contributed by atoms with van der Waals surface area (Å²) in [5.74, 6) is 1.19. The highest BCUT2D eigenvalue weighted by Crippen LogP contribution is 2.29. The Kier molecular flexibility index (Phi) is 5.39. The van der Waals surface area contributed by atoms with Crippen molar-refractivity contribution >= 4 is 11.6 Å². The zero-order chi connectivity index (χ0) is 16.9. The number of halogens is 1. The molecule has 24 heavy (non-hydrogen) atoms. The summed E-state index contributed by atoms with van der Waals surface area (Å²) in [6.45, 7) is 4.85. The lowest BCUT2D eigenvalue weighted by molar-refractivity contribution is 0.196. The lowest BCUT2D eigenvalue weighted by Gasteiger charge is -2.32. The molecule has 5 nitrogen and oxygen atoms in total. The summed E-state index contributed by atoms with van der Waals surface area (Å²) in [4.78, 5) is 2.41. The molecule has 1 N–H and O–H groups in total. The minimum absolute atomic E-state index is 0.0454. The van der Waals surface area contributed by atoms with Crippen LogP contribution >= 0.6 is 11.6 Å². The minimum atomic E-state index is 0.0454. The molecule has 0 spiro atoms. The molecule has 0 bridgehead atoms. The number of piperidine rings is 1. The maximum atomic E-state index is 8.74. The van der Waals surface area contributed by atoms with E-state index in [1.807, 2.05) is 25.1 Å². The first-order valence-corrected chi connectivity index (χ1v) is 8.56. The number of hydrogen-bond donors (Lipinski definition) is 1. The molecule has 1 aromatic heterocycles. The average Bonchev–Trinajstić information content (AvgIpc) is 3.01. The van der Waals surface area contributed by atoms with Crippen LogP contribution in [0.3, 0.4) is 0 Å². The summed E-state index contributed by atoms with van der Waals surface area (Å²) in [6, 6.07) is 9.71. The molecule has 1 aliphatic rings. The quantitative estimate of drug-likeness (QED) is 0.899. The van der Waals surface area contributed by atoms with Crippen LogP contribution in [-0.4, -0.2) is 34.8 Å². The van der Waals surface area contributed by atoms with E-state index in [0.29, 0.717) is 10.9 Å². The van der Waals surface area contributed by atoms with Gasteiger partial charge in [-0.05, 0) is 50.6 Å². The largest absolute Gasteiger partial charge is 0.478 e. The first kappa shape index (κ1) is 16.8. The normalized spacial score (nSPS) is 18.3. The van der Waals surface area contributed by atoms with Crippen LogP contribution < -0.4 is 4.74 Å². The van der Waals surface area contributed by atoms with Crippen LogP contribution in [0.1, 0.15) is 35.7 Å². The van der Waals surface area contributed by atoms with Crippen molar-refractivity contribution in [1.29, 1.82) is 5.26 Å². The van der Waals surface area contributed by atoms with E-state index in [0.717, 1.165) is 55.2 Å². The third kappa shape index (κ3) is 4.08. The predicted octanol–water partition coefficient (Wildman–Crippen LogP) is 3.65. The van der Waals surface area contributed by atoms with Crippen molar-refractivity contribution in [2.24, 2.45) is 0 Å². The number of rotatable bonds is 5. The van der Waals surface area contributed by atoms with Crippen LogP contribution in [0.15, 0.2) is 24.3 Å². The monoisotopic (exact) mass is 344 g/mol. The van der Waals surface area contributed by atoms with E-state index in [9.17, 15) is 0 Å². The molecular weight excluding hydrogens is 324 g/mol. The van der Waals surface area contributed by atoms with Crippen LogP contribution in [0.4, 0.5) is 0 Å². The Labute approximate surface area is 147 Å². The van der Waals surface area contributed by atoms with Gasteiger partial charge in [-0.1, -0.05) is 11.6 Å². The zero-order valence-electron chi connectivity index (χ0n) is 13.8. The second kappa shape index (κ2) is 7.69. The highest BCUT2D eigenvalue weighted by molar-refractivity contribution is 6.30. The molecule has 1 aromatic carbocycles. The summed E-state index contributed by atoms with van der Waals surface area (Å²) >= 11 is 6.14. The minimum Gasteiger partial charge on any atom is -0.478 e. The molecular formula is C18H21ClN4O. The summed E-state index contributed by atoms with van der Waals surface area (Å²) in [5.41, 5.74) is 3.27. The zero-order valence-corrected chi connectivity index (χ0v) is 14.5. The van der Waals surface area contributed by atoms with Crippen molar-refractivity contribution in [3.05, 3.63) is 46.2 Å². The van der Waals surface area contributed by atoms with E-state index >= 15 is 0 Å². The Morgan fingerprint density at radius 3 is 3.08 bits per heavy atom. The lowest BCUT2D eigenvalue weighted by atomic mass is 9.94. The van der Waals surface area contributed by atoms with Crippen molar-refractivity contribution in [1.82, 2.24) is 15.1 Å². The number of ether oxygens (including phenoxy) is 1. The number of likely N-dealkylation sites (tertiary alicyclic amines) is 1. The maximum Gasteiger partial charge on any atom is 0.174 e. The van der Waals surface area contributed by atoms with Crippen LogP contribution in [-0.2, 0) is 6.54 Å². The van der Waals surface area contributed by atoms with Crippen molar-refractivity contribution in [2.75, 3.05) is 19.7 Å². The number of aromatic amines is 1. The summed E-state index contributed by atoms with van der Waals surface area (Å²) in [7, 11) is 0.